The summed E-state index contributed by atoms with van der Waals surface area (Å²) in [6.07, 6.45) is 1.23. The van der Waals surface area contributed by atoms with Crippen molar-refractivity contribution < 1.29 is 4.39 Å². The van der Waals surface area contributed by atoms with E-state index in [1.165, 1.54) is 17.4 Å². The number of nitrogens with one attached hydrogen (secondary N) is 1. The first-order valence-corrected chi connectivity index (χ1v) is 8.20. The largest absolute Gasteiger partial charge is 0.316 e. The summed E-state index contributed by atoms with van der Waals surface area (Å²) in [5.41, 5.74) is 0.486. The Morgan fingerprint density at radius 2 is 2.05 bits per heavy atom. The number of benzene rings is 1. The van der Waals surface area contributed by atoms with Gasteiger partial charge in [-0.05, 0) is 24.6 Å². The lowest BCUT2D eigenvalue weighted by molar-refractivity contribution is 0.553. The normalized spacial score (nSPS) is 11.3. The van der Waals surface area contributed by atoms with Crippen LogP contribution >= 0.6 is 22.9 Å². The van der Waals surface area contributed by atoms with E-state index >= 15 is 0 Å². The van der Waals surface area contributed by atoms with E-state index in [2.05, 4.69) is 29.4 Å². The molecule has 0 aliphatic carbocycles. The second kappa shape index (κ2) is 7.82. The predicted octanol–water partition coefficient (Wildman–Crippen LogP) is 3.71. The molecule has 1 heterocycles. The highest BCUT2D eigenvalue weighted by molar-refractivity contribution is 7.11. The van der Waals surface area contributed by atoms with Crippen LogP contribution in [-0.2, 0) is 12.8 Å². The van der Waals surface area contributed by atoms with E-state index in [1.807, 2.05) is 0 Å². The number of halogens is 2. The molecule has 0 saturated heterocycles. The van der Waals surface area contributed by atoms with Crippen molar-refractivity contribution in [2.24, 2.45) is 5.92 Å². The number of hydrogen-bond donors (Lipinski definition) is 1. The third-order valence-electron chi connectivity index (χ3n) is 2.97. The third kappa shape index (κ3) is 5.02. The van der Waals surface area contributed by atoms with Crippen LogP contribution in [0.1, 0.15) is 29.4 Å². The fourth-order valence-corrected chi connectivity index (χ4v) is 2.99. The van der Waals surface area contributed by atoms with E-state index in [-0.39, 0.29) is 5.82 Å². The Kier molecular flexibility index (Phi) is 6.08. The molecular formula is C15H19ClFN3S. The van der Waals surface area contributed by atoms with Crippen LogP contribution in [0.5, 0.6) is 0 Å². The van der Waals surface area contributed by atoms with Gasteiger partial charge in [0, 0.05) is 30.0 Å². The zero-order chi connectivity index (χ0) is 15.2. The molecule has 0 atom stereocenters. The molecule has 0 radical (unpaired) electrons. The lowest BCUT2D eigenvalue weighted by Gasteiger charge is -2.05. The highest BCUT2D eigenvalue weighted by Crippen LogP contribution is 2.23. The first-order valence-electron chi connectivity index (χ1n) is 7.01. The number of hydrogen-bond acceptors (Lipinski definition) is 4. The molecule has 6 heteroatoms. The van der Waals surface area contributed by atoms with Crippen LogP contribution in [0.3, 0.4) is 0 Å². The maximum atomic E-state index is 13.7. The van der Waals surface area contributed by atoms with Crippen molar-refractivity contribution in [1.82, 2.24) is 15.5 Å². The highest BCUT2D eigenvalue weighted by Gasteiger charge is 2.11. The van der Waals surface area contributed by atoms with E-state index in [1.54, 1.807) is 12.1 Å². The smallest absolute Gasteiger partial charge is 0.128 e. The maximum absolute atomic E-state index is 13.7. The Balaban J connectivity index is 1.91. The van der Waals surface area contributed by atoms with Gasteiger partial charge in [-0.3, -0.25) is 0 Å². The van der Waals surface area contributed by atoms with Crippen LogP contribution in [0, 0.1) is 11.7 Å². The van der Waals surface area contributed by atoms with Crippen molar-refractivity contribution in [2.45, 2.75) is 26.7 Å². The summed E-state index contributed by atoms with van der Waals surface area (Å²) >= 11 is 7.54. The van der Waals surface area contributed by atoms with Crippen LogP contribution in [0.15, 0.2) is 18.2 Å². The molecule has 2 aromatic rings. The molecule has 0 fully saturated rings. The summed E-state index contributed by atoms with van der Waals surface area (Å²) in [6.45, 7) is 6.23. The van der Waals surface area contributed by atoms with Gasteiger partial charge < -0.3 is 5.32 Å². The van der Waals surface area contributed by atoms with Crippen LogP contribution in [0.2, 0.25) is 5.02 Å². The summed E-state index contributed by atoms with van der Waals surface area (Å²) in [6, 6.07) is 4.71. The van der Waals surface area contributed by atoms with E-state index in [9.17, 15) is 4.39 Å². The van der Waals surface area contributed by atoms with Crippen molar-refractivity contribution >= 4 is 22.9 Å². The second-order valence-electron chi connectivity index (χ2n) is 5.31. The molecule has 0 aliphatic heterocycles. The highest BCUT2D eigenvalue weighted by atomic mass is 35.5. The van der Waals surface area contributed by atoms with Gasteiger partial charge >= 0.3 is 0 Å². The van der Waals surface area contributed by atoms with Crippen molar-refractivity contribution in [3.05, 3.63) is 44.6 Å². The van der Waals surface area contributed by atoms with Gasteiger partial charge in [0.2, 0.25) is 0 Å². The lowest BCUT2D eigenvalue weighted by Crippen LogP contribution is -2.22. The molecule has 3 nitrogen and oxygen atoms in total. The third-order valence-corrected chi connectivity index (χ3v) is 4.30. The molecule has 1 aromatic heterocycles. The Bertz CT molecular complexity index is 566. The number of rotatable bonds is 7. The van der Waals surface area contributed by atoms with Crippen LogP contribution in [0.4, 0.5) is 4.39 Å². The molecule has 0 saturated carbocycles. The number of aromatic nitrogens is 2. The topological polar surface area (TPSA) is 37.8 Å². The average molecular weight is 328 g/mol. The summed E-state index contributed by atoms with van der Waals surface area (Å²) in [5.74, 6) is 0.344. The van der Waals surface area contributed by atoms with Crippen LogP contribution in [-0.4, -0.2) is 23.3 Å². The van der Waals surface area contributed by atoms with Crippen molar-refractivity contribution in [3.8, 4) is 0 Å². The van der Waals surface area contributed by atoms with Crippen LogP contribution < -0.4 is 5.32 Å². The monoisotopic (exact) mass is 327 g/mol. The Morgan fingerprint density at radius 3 is 2.76 bits per heavy atom. The molecule has 1 aromatic carbocycles. The first kappa shape index (κ1) is 16.3. The standard InChI is InChI=1S/C15H19ClFN3S/c1-10(2)9-18-7-6-14-19-20-15(21-14)8-11-12(16)4-3-5-13(11)17/h3-5,10,18H,6-9H2,1-2H3. The van der Waals surface area contributed by atoms with E-state index in [0.29, 0.717) is 22.9 Å². The molecule has 0 amide bonds. The van der Waals surface area contributed by atoms with Gasteiger partial charge in [0.1, 0.15) is 15.8 Å². The minimum absolute atomic E-state index is 0.294. The van der Waals surface area contributed by atoms with Gasteiger partial charge in [-0.2, -0.15) is 0 Å². The van der Waals surface area contributed by atoms with E-state index in [4.69, 9.17) is 11.6 Å². The first-order chi connectivity index (χ1) is 10.1. The zero-order valence-corrected chi connectivity index (χ0v) is 13.8. The Labute approximate surface area is 133 Å². The molecule has 0 aliphatic rings. The van der Waals surface area contributed by atoms with Crippen LogP contribution in [0.25, 0.3) is 0 Å². The molecule has 1 N–H and O–H groups in total. The fourth-order valence-electron chi connectivity index (χ4n) is 1.90. The molecule has 0 bridgehead atoms. The lowest BCUT2D eigenvalue weighted by atomic mass is 10.1. The minimum atomic E-state index is -0.294. The second-order valence-corrected chi connectivity index (χ2v) is 6.87. The van der Waals surface area contributed by atoms with Gasteiger partial charge in [0.25, 0.3) is 0 Å². The van der Waals surface area contributed by atoms with E-state index < -0.39 is 0 Å². The molecular weight excluding hydrogens is 309 g/mol. The molecule has 114 valence electrons. The van der Waals surface area contributed by atoms with Gasteiger partial charge in [-0.15, -0.1) is 21.5 Å². The molecule has 21 heavy (non-hydrogen) atoms. The summed E-state index contributed by atoms with van der Waals surface area (Å²) in [7, 11) is 0. The molecule has 2 rings (SSSR count). The van der Waals surface area contributed by atoms with Crippen molar-refractivity contribution in [2.75, 3.05) is 13.1 Å². The Morgan fingerprint density at radius 1 is 1.29 bits per heavy atom. The fraction of sp³-hybridized carbons (Fsp3) is 0.467. The predicted molar refractivity (Wildman–Crippen MR) is 85.5 cm³/mol. The summed E-state index contributed by atoms with van der Waals surface area (Å²) in [5, 5.41) is 13.8. The van der Waals surface area contributed by atoms with Gasteiger partial charge in [0.05, 0.1) is 0 Å². The molecule has 0 unspecified atom stereocenters. The van der Waals surface area contributed by atoms with Crippen molar-refractivity contribution in [1.29, 1.82) is 0 Å². The molecule has 0 spiro atoms. The Hall–Kier alpha value is -1.04. The van der Waals surface area contributed by atoms with Gasteiger partial charge in [-0.25, -0.2) is 4.39 Å². The van der Waals surface area contributed by atoms with E-state index in [0.717, 1.165) is 29.5 Å². The SMILES string of the molecule is CC(C)CNCCc1nnc(Cc2c(F)cccc2Cl)s1. The quantitative estimate of drug-likeness (QED) is 0.788. The van der Waals surface area contributed by atoms with Gasteiger partial charge in [-0.1, -0.05) is 31.5 Å². The minimum Gasteiger partial charge on any atom is -0.316 e. The van der Waals surface area contributed by atoms with Crippen molar-refractivity contribution in [3.63, 3.8) is 0 Å². The average Bonchev–Trinajstić information content (AvgIpc) is 2.87. The number of nitrogens with zero attached hydrogens (tertiary/aromatic N) is 2. The summed E-state index contributed by atoms with van der Waals surface area (Å²) in [4.78, 5) is 0. The van der Waals surface area contributed by atoms with Gasteiger partial charge in [0.15, 0.2) is 0 Å². The zero-order valence-electron chi connectivity index (χ0n) is 12.2. The summed E-state index contributed by atoms with van der Waals surface area (Å²) < 4.78 is 13.7. The maximum Gasteiger partial charge on any atom is 0.128 e.